The van der Waals surface area contributed by atoms with Crippen molar-refractivity contribution in [2.24, 2.45) is 0 Å². The first-order valence-electron chi connectivity index (χ1n) is 10.4. The molecule has 0 saturated carbocycles. The van der Waals surface area contributed by atoms with Gasteiger partial charge in [-0.3, -0.25) is 14.8 Å². The molecule has 2 atom stereocenters. The standard InChI is InChI=1S/C24H27N3OS/c1-2-7-20(8-3-1)23-17-27(15-21-9-4-5-12-25-21)24(19-28-23)11-13-26(18-24)16-22-10-6-14-29-22/h1-10,12,14,23H,11,13,15-19H2. The number of nitrogens with zero attached hydrogens (tertiary/aromatic N) is 3. The molecule has 0 aliphatic carbocycles. The molecular formula is C24H27N3OS. The van der Waals surface area contributed by atoms with Crippen LogP contribution in [-0.4, -0.2) is 46.6 Å². The molecule has 0 bridgehead atoms. The number of pyridine rings is 1. The van der Waals surface area contributed by atoms with Gasteiger partial charge in [0, 0.05) is 43.8 Å². The first-order valence-corrected chi connectivity index (χ1v) is 11.2. The summed E-state index contributed by atoms with van der Waals surface area (Å²) in [4.78, 5) is 11.3. The van der Waals surface area contributed by atoms with Gasteiger partial charge in [-0.1, -0.05) is 42.5 Å². The minimum Gasteiger partial charge on any atom is -0.370 e. The predicted octanol–water partition coefficient (Wildman–Crippen LogP) is 4.36. The van der Waals surface area contributed by atoms with E-state index < -0.39 is 0 Å². The highest BCUT2D eigenvalue weighted by Gasteiger charge is 2.47. The van der Waals surface area contributed by atoms with Crippen molar-refractivity contribution in [1.29, 1.82) is 0 Å². The lowest BCUT2D eigenvalue weighted by Crippen LogP contribution is -2.58. The number of morpholine rings is 1. The van der Waals surface area contributed by atoms with Crippen molar-refractivity contribution in [3.8, 4) is 0 Å². The van der Waals surface area contributed by atoms with Gasteiger partial charge in [0.05, 0.1) is 23.9 Å². The van der Waals surface area contributed by atoms with Gasteiger partial charge in [-0.25, -0.2) is 0 Å². The van der Waals surface area contributed by atoms with E-state index in [1.165, 1.54) is 10.4 Å². The second-order valence-electron chi connectivity index (χ2n) is 8.18. The zero-order chi connectivity index (χ0) is 19.5. The summed E-state index contributed by atoms with van der Waals surface area (Å²) < 4.78 is 6.47. The fourth-order valence-corrected chi connectivity index (χ4v) is 5.40. The Morgan fingerprint density at radius 3 is 2.72 bits per heavy atom. The quantitative estimate of drug-likeness (QED) is 0.631. The summed E-state index contributed by atoms with van der Waals surface area (Å²) in [6.45, 7) is 5.78. The Hall–Kier alpha value is -2.05. The third-order valence-corrected chi connectivity index (χ3v) is 7.09. The van der Waals surface area contributed by atoms with Crippen molar-refractivity contribution in [1.82, 2.24) is 14.8 Å². The topological polar surface area (TPSA) is 28.6 Å². The van der Waals surface area contributed by atoms with E-state index in [0.29, 0.717) is 0 Å². The molecule has 29 heavy (non-hydrogen) atoms. The molecule has 2 aliphatic heterocycles. The van der Waals surface area contributed by atoms with Gasteiger partial charge in [-0.2, -0.15) is 0 Å². The van der Waals surface area contributed by atoms with Gasteiger partial charge < -0.3 is 4.74 Å². The first kappa shape index (κ1) is 18.9. The fraction of sp³-hybridized carbons (Fsp3) is 0.375. The summed E-state index contributed by atoms with van der Waals surface area (Å²) in [6.07, 6.45) is 3.17. The van der Waals surface area contributed by atoms with Crippen LogP contribution in [0, 0.1) is 0 Å². The summed E-state index contributed by atoms with van der Waals surface area (Å²) in [5.41, 5.74) is 2.47. The van der Waals surface area contributed by atoms with Crippen LogP contribution >= 0.6 is 11.3 Å². The molecule has 2 aliphatic rings. The van der Waals surface area contributed by atoms with Crippen LogP contribution in [0.15, 0.2) is 72.2 Å². The van der Waals surface area contributed by atoms with E-state index in [-0.39, 0.29) is 11.6 Å². The molecule has 0 radical (unpaired) electrons. The number of hydrogen-bond acceptors (Lipinski definition) is 5. The maximum Gasteiger partial charge on any atom is 0.0953 e. The van der Waals surface area contributed by atoms with Crippen LogP contribution in [0.25, 0.3) is 0 Å². The molecule has 0 N–H and O–H groups in total. The maximum absolute atomic E-state index is 6.47. The summed E-state index contributed by atoms with van der Waals surface area (Å²) in [5.74, 6) is 0. The molecule has 2 unspecified atom stereocenters. The maximum atomic E-state index is 6.47. The van der Waals surface area contributed by atoms with E-state index in [1.807, 2.05) is 23.6 Å². The average molecular weight is 406 g/mol. The van der Waals surface area contributed by atoms with Gasteiger partial charge in [0.15, 0.2) is 0 Å². The van der Waals surface area contributed by atoms with Crippen LogP contribution in [-0.2, 0) is 17.8 Å². The van der Waals surface area contributed by atoms with E-state index in [4.69, 9.17) is 4.74 Å². The highest BCUT2D eigenvalue weighted by molar-refractivity contribution is 7.09. The number of thiophene rings is 1. The lowest BCUT2D eigenvalue weighted by Gasteiger charge is -2.47. The lowest BCUT2D eigenvalue weighted by molar-refractivity contribution is -0.114. The summed E-state index contributed by atoms with van der Waals surface area (Å²) in [6, 6.07) is 21.2. The van der Waals surface area contributed by atoms with Crippen LogP contribution < -0.4 is 0 Å². The molecule has 0 amide bonds. The molecule has 2 aromatic heterocycles. The normalized spacial score (nSPS) is 25.6. The van der Waals surface area contributed by atoms with Crippen LogP contribution in [0.1, 0.15) is 28.7 Å². The second kappa shape index (κ2) is 8.36. The number of rotatable bonds is 5. The van der Waals surface area contributed by atoms with Gasteiger partial charge in [0.2, 0.25) is 0 Å². The zero-order valence-corrected chi connectivity index (χ0v) is 17.4. The fourth-order valence-electron chi connectivity index (χ4n) is 4.66. The van der Waals surface area contributed by atoms with Crippen molar-refractivity contribution in [3.05, 3.63) is 88.4 Å². The van der Waals surface area contributed by atoms with Crippen LogP contribution in [0.2, 0.25) is 0 Å². The number of benzene rings is 1. The Bertz CT molecular complexity index is 902. The molecule has 2 fully saturated rings. The van der Waals surface area contributed by atoms with E-state index in [9.17, 15) is 0 Å². The number of hydrogen-bond donors (Lipinski definition) is 0. The second-order valence-corrected chi connectivity index (χ2v) is 9.21. The lowest BCUT2D eigenvalue weighted by atomic mass is 9.92. The number of likely N-dealkylation sites (tertiary alicyclic amines) is 1. The van der Waals surface area contributed by atoms with Crippen molar-refractivity contribution >= 4 is 11.3 Å². The molecule has 3 aromatic rings. The van der Waals surface area contributed by atoms with Crippen molar-refractivity contribution < 1.29 is 4.74 Å². The first-order chi connectivity index (χ1) is 14.3. The monoisotopic (exact) mass is 405 g/mol. The third-order valence-electron chi connectivity index (χ3n) is 6.23. The Balaban J connectivity index is 1.36. The molecule has 4 nitrogen and oxygen atoms in total. The van der Waals surface area contributed by atoms with Gasteiger partial charge in [-0.15, -0.1) is 11.3 Å². The molecule has 4 heterocycles. The van der Waals surface area contributed by atoms with Crippen LogP contribution in [0.3, 0.4) is 0 Å². The van der Waals surface area contributed by atoms with Crippen LogP contribution in [0.5, 0.6) is 0 Å². The van der Waals surface area contributed by atoms with Crippen molar-refractivity contribution in [2.75, 3.05) is 26.2 Å². The highest BCUT2D eigenvalue weighted by atomic mass is 32.1. The predicted molar refractivity (Wildman–Crippen MR) is 117 cm³/mol. The number of aromatic nitrogens is 1. The number of ether oxygens (including phenoxy) is 1. The Morgan fingerprint density at radius 1 is 1.03 bits per heavy atom. The van der Waals surface area contributed by atoms with Gasteiger partial charge >= 0.3 is 0 Å². The van der Waals surface area contributed by atoms with Gasteiger partial charge in [0.1, 0.15) is 0 Å². The molecule has 1 spiro atoms. The summed E-state index contributed by atoms with van der Waals surface area (Å²) in [7, 11) is 0. The van der Waals surface area contributed by atoms with Gasteiger partial charge in [0.25, 0.3) is 0 Å². The van der Waals surface area contributed by atoms with E-state index in [2.05, 4.69) is 74.8 Å². The molecular weight excluding hydrogens is 378 g/mol. The Labute approximate surface area is 176 Å². The summed E-state index contributed by atoms with van der Waals surface area (Å²) in [5, 5.41) is 2.17. The third kappa shape index (κ3) is 4.14. The minimum atomic E-state index is 0.0695. The average Bonchev–Trinajstić information content (AvgIpc) is 3.42. The van der Waals surface area contributed by atoms with E-state index >= 15 is 0 Å². The van der Waals surface area contributed by atoms with Crippen molar-refractivity contribution in [3.63, 3.8) is 0 Å². The largest absolute Gasteiger partial charge is 0.370 e. The smallest absolute Gasteiger partial charge is 0.0953 e. The van der Waals surface area contributed by atoms with Crippen molar-refractivity contribution in [2.45, 2.75) is 31.2 Å². The Morgan fingerprint density at radius 2 is 1.93 bits per heavy atom. The van der Waals surface area contributed by atoms with Crippen LogP contribution in [0.4, 0.5) is 0 Å². The van der Waals surface area contributed by atoms with Gasteiger partial charge in [-0.05, 0) is 35.6 Å². The zero-order valence-electron chi connectivity index (χ0n) is 16.6. The van der Waals surface area contributed by atoms with E-state index in [0.717, 1.165) is 51.4 Å². The summed E-state index contributed by atoms with van der Waals surface area (Å²) >= 11 is 1.85. The minimum absolute atomic E-state index is 0.0695. The SMILES string of the molecule is c1ccc(C2CN(Cc3ccccn3)C3(CCN(Cc4cccs4)C3)CO2)cc1. The van der Waals surface area contributed by atoms with E-state index in [1.54, 1.807) is 0 Å². The molecule has 5 rings (SSSR count). The molecule has 5 heteroatoms. The molecule has 2 saturated heterocycles. The highest BCUT2D eigenvalue weighted by Crippen LogP contribution is 2.38. The molecule has 150 valence electrons. The Kier molecular flexibility index (Phi) is 5.46. The molecule has 1 aromatic carbocycles.